The fourth-order valence-electron chi connectivity index (χ4n) is 2.68. The molecule has 1 N–H and O–H groups in total. The van der Waals surface area contributed by atoms with Crippen molar-refractivity contribution in [2.45, 2.75) is 83.7 Å². The fourth-order valence-corrected chi connectivity index (χ4v) is 3.07. The van der Waals surface area contributed by atoms with Gasteiger partial charge in [0.1, 0.15) is 12.4 Å². The summed E-state index contributed by atoms with van der Waals surface area (Å²) in [7, 11) is 0. The molecule has 0 saturated carbocycles. The summed E-state index contributed by atoms with van der Waals surface area (Å²) in [6.07, 6.45) is 13.8. The molecule has 1 atom stereocenters. The van der Waals surface area contributed by atoms with Crippen molar-refractivity contribution in [3.8, 4) is 5.75 Å². The summed E-state index contributed by atoms with van der Waals surface area (Å²) in [5, 5.41) is 9.96. The fraction of sp³-hybridized carbons (Fsp3) is 0.700. The van der Waals surface area contributed by atoms with Crippen LogP contribution in [0.5, 0.6) is 5.75 Å². The number of aliphatic hydroxyl groups is 1. The Hall–Kier alpha value is 0.108. The summed E-state index contributed by atoms with van der Waals surface area (Å²) < 4.78 is 66.4. The van der Waals surface area contributed by atoms with Crippen LogP contribution in [-0.4, -0.2) is 37.3 Å². The Kier molecular flexibility index (Phi) is 13.7. The molecule has 0 amide bonds. The molecule has 0 saturated heterocycles. The Bertz CT molecular complexity index is 555. The number of benzene rings is 1. The summed E-state index contributed by atoms with van der Waals surface area (Å²) >= 11 is -9.26. The van der Waals surface area contributed by atoms with Crippen LogP contribution in [0.15, 0.2) is 24.3 Å². The van der Waals surface area contributed by atoms with Crippen molar-refractivity contribution in [1.29, 1.82) is 0 Å². The molecule has 180 valence electrons. The number of ether oxygens (including phenoxy) is 1. The van der Waals surface area contributed by atoms with Crippen LogP contribution in [-0.2, 0) is 0 Å². The van der Waals surface area contributed by atoms with Crippen LogP contribution in [0.4, 0.5) is 16.9 Å². The second-order valence-corrected chi connectivity index (χ2v) is 14.2. The molecule has 0 aliphatic carbocycles. The average Bonchev–Trinajstić information content (AvgIpc) is 2.60. The first-order valence-electron chi connectivity index (χ1n) is 10.3. The van der Waals surface area contributed by atoms with Crippen molar-refractivity contribution >= 4 is 19.5 Å². The molecule has 1 aromatic carbocycles. The molecule has 0 radical (unpaired) electrons. The van der Waals surface area contributed by atoms with Gasteiger partial charge in [0.2, 0.25) is 0 Å². The molecule has 2 nitrogen and oxygen atoms in total. The van der Waals surface area contributed by atoms with Crippen LogP contribution in [0.25, 0.3) is 0 Å². The minimum atomic E-state index is -11.2. The average molecular weight is 669 g/mol. The monoisotopic (exact) mass is 668 g/mol. The summed E-state index contributed by atoms with van der Waals surface area (Å²) in [5.74, 6) is 0.847. The van der Waals surface area contributed by atoms with E-state index in [0.717, 1.165) is 18.6 Å². The topological polar surface area (TPSA) is 29.5 Å². The van der Waals surface area contributed by atoms with Crippen molar-refractivity contribution in [3.05, 3.63) is 27.8 Å². The van der Waals surface area contributed by atoms with Crippen molar-refractivity contribution in [3.63, 3.8) is 0 Å². The van der Waals surface area contributed by atoms with Gasteiger partial charge in [-0.05, 0) is 30.7 Å². The SMILES string of the molecule is CCCCCCCCCCCCC(O)COc1ccc([IH+])cc1.[F][Sb-]([F])([F])([F])([F])[F]. The van der Waals surface area contributed by atoms with Crippen molar-refractivity contribution in [1.82, 2.24) is 0 Å². The zero-order valence-electron chi connectivity index (χ0n) is 17.4. The van der Waals surface area contributed by atoms with Crippen molar-refractivity contribution in [2.24, 2.45) is 0 Å². The molecule has 0 heterocycles. The molecule has 0 bridgehead atoms. The van der Waals surface area contributed by atoms with E-state index in [-0.39, 0.29) is 6.10 Å². The quantitative estimate of drug-likeness (QED) is 0.139. The van der Waals surface area contributed by atoms with Crippen molar-refractivity contribution in [2.75, 3.05) is 6.61 Å². The third-order valence-corrected chi connectivity index (χ3v) is 4.93. The molecular weight excluding hydrogens is 635 g/mol. The number of aliphatic hydroxyl groups excluding tert-OH is 1. The number of unbranched alkanes of at least 4 members (excludes halogenated alkanes) is 9. The van der Waals surface area contributed by atoms with Gasteiger partial charge in [0.05, 0.1) is 6.10 Å². The van der Waals surface area contributed by atoms with E-state index >= 15 is 0 Å². The van der Waals surface area contributed by atoms with Gasteiger partial charge in [-0.3, -0.25) is 0 Å². The summed E-state index contributed by atoms with van der Waals surface area (Å²) in [6, 6.07) is 8.00. The normalized spacial score (nSPS) is 14.8. The molecular formula is C20H34F6IO2Sb. The van der Waals surface area contributed by atoms with Gasteiger partial charge in [0.15, 0.2) is 3.57 Å². The van der Waals surface area contributed by atoms with Crippen LogP contribution >= 0.6 is 0 Å². The number of hydrogen-bond acceptors (Lipinski definition) is 2. The first kappa shape index (κ1) is 30.1. The van der Waals surface area contributed by atoms with Gasteiger partial charge in [-0.25, -0.2) is 0 Å². The molecule has 1 aromatic rings. The summed E-state index contributed by atoms with van der Waals surface area (Å²) in [4.78, 5) is 0. The van der Waals surface area contributed by atoms with Gasteiger partial charge >= 0.3 is 36.4 Å². The first-order valence-corrected chi connectivity index (χ1v) is 17.3. The molecule has 0 fully saturated rings. The second-order valence-electron chi connectivity index (χ2n) is 7.37. The number of hydrogen-bond donors (Lipinski definition) is 1. The van der Waals surface area contributed by atoms with E-state index in [1.54, 1.807) is 0 Å². The third kappa shape index (κ3) is 28.1. The van der Waals surface area contributed by atoms with Gasteiger partial charge in [0, 0.05) is 0 Å². The molecule has 1 unspecified atom stereocenters. The van der Waals surface area contributed by atoms with Crippen LogP contribution < -0.4 is 27.3 Å². The molecule has 1 rings (SSSR count). The second kappa shape index (κ2) is 13.6. The van der Waals surface area contributed by atoms with E-state index in [1.165, 1.54) is 61.4 Å². The zero-order chi connectivity index (χ0) is 23.2. The maximum absolute atomic E-state index is 11.2. The van der Waals surface area contributed by atoms with E-state index in [4.69, 9.17) is 4.74 Å². The van der Waals surface area contributed by atoms with E-state index < -0.39 is 19.5 Å². The predicted molar refractivity (Wildman–Crippen MR) is 107 cm³/mol. The maximum atomic E-state index is 9.96. The van der Waals surface area contributed by atoms with E-state index in [0.29, 0.717) is 6.61 Å². The van der Waals surface area contributed by atoms with E-state index in [1.807, 2.05) is 46.9 Å². The first-order chi connectivity index (χ1) is 13.7. The van der Waals surface area contributed by atoms with Crippen LogP contribution in [0, 0.1) is 3.57 Å². The number of rotatable bonds is 14. The van der Waals surface area contributed by atoms with Gasteiger partial charge in [-0.1, -0.05) is 71.1 Å². The van der Waals surface area contributed by atoms with Crippen LogP contribution in [0.3, 0.4) is 0 Å². The summed E-state index contributed by atoms with van der Waals surface area (Å²) in [5.41, 5.74) is 0. The standard InChI is InChI=1S/C20H34IO2.6FH.Sb/c1-2-3-4-5-6-7-8-9-10-11-12-19(22)17-23-20-15-13-18(21)14-16-20;;;;;;;/h13-16,19,21-22H,2-12,17H2,1H3;6*1H;/q+1;;;;;;;+5/p-6. The van der Waals surface area contributed by atoms with E-state index in [9.17, 15) is 22.0 Å². The molecule has 10 heteroatoms. The Labute approximate surface area is 191 Å². The predicted octanol–water partition coefficient (Wildman–Crippen LogP) is 4.33. The Morgan fingerprint density at radius 2 is 1.20 bits per heavy atom. The van der Waals surface area contributed by atoms with Gasteiger partial charge in [-0.15, -0.1) is 0 Å². The zero-order valence-corrected chi connectivity index (χ0v) is 22.2. The minimum absolute atomic E-state index is 0.342. The van der Waals surface area contributed by atoms with Crippen molar-refractivity contribution < 1.29 is 49.3 Å². The Balaban J connectivity index is 0.00000103. The van der Waals surface area contributed by atoms with E-state index in [2.05, 4.69) is 6.92 Å². The number of halogens is 7. The molecule has 0 spiro atoms. The molecule has 0 aromatic heterocycles. The molecule has 0 aliphatic rings. The Morgan fingerprint density at radius 1 is 0.800 bits per heavy atom. The molecule has 30 heavy (non-hydrogen) atoms. The van der Waals surface area contributed by atoms with Crippen LogP contribution in [0.2, 0.25) is 0 Å². The third-order valence-electron chi connectivity index (χ3n) is 4.16. The van der Waals surface area contributed by atoms with Crippen LogP contribution in [0.1, 0.15) is 77.6 Å². The van der Waals surface area contributed by atoms with Gasteiger partial charge < -0.3 is 9.84 Å². The van der Waals surface area contributed by atoms with Gasteiger partial charge in [0.25, 0.3) is 22.6 Å². The van der Waals surface area contributed by atoms with Gasteiger partial charge in [-0.2, -0.15) is 0 Å². The summed E-state index contributed by atoms with van der Waals surface area (Å²) in [6.45, 7) is 2.67. The molecule has 0 aliphatic heterocycles. The Morgan fingerprint density at radius 3 is 1.63 bits per heavy atom.